The number of fused-ring (bicyclic) bond motifs is 2. The molecule has 0 fully saturated rings. The lowest BCUT2D eigenvalue weighted by atomic mass is 10.1. The maximum atomic E-state index is 13.1. The van der Waals surface area contributed by atoms with Crippen molar-refractivity contribution in [2.45, 2.75) is 19.1 Å². The van der Waals surface area contributed by atoms with Crippen LogP contribution in [0.5, 0.6) is 0 Å². The second-order valence-electron chi connectivity index (χ2n) is 7.13. The molecule has 9 heteroatoms. The van der Waals surface area contributed by atoms with Crippen LogP contribution in [0.1, 0.15) is 23.5 Å². The molecule has 5 rings (SSSR count). The Balaban J connectivity index is 1.56. The highest BCUT2D eigenvalue weighted by atomic mass is 35.5. The molecule has 0 amide bonds. The van der Waals surface area contributed by atoms with Crippen molar-refractivity contribution >= 4 is 45.5 Å². The lowest BCUT2D eigenvalue weighted by Crippen LogP contribution is -2.21. The van der Waals surface area contributed by atoms with Crippen LogP contribution in [0.15, 0.2) is 52.6 Å². The molecule has 31 heavy (non-hydrogen) atoms. The van der Waals surface area contributed by atoms with E-state index in [1.54, 1.807) is 12.1 Å². The summed E-state index contributed by atoms with van der Waals surface area (Å²) in [7, 11) is 0. The van der Waals surface area contributed by atoms with Crippen LogP contribution in [-0.4, -0.2) is 14.5 Å². The number of allylic oxidation sites excluding steroid dienone is 1. The molecule has 1 aliphatic rings. The van der Waals surface area contributed by atoms with Crippen LogP contribution in [0.3, 0.4) is 0 Å². The van der Waals surface area contributed by atoms with E-state index in [1.165, 1.54) is 22.0 Å². The zero-order chi connectivity index (χ0) is 21.8. The third-order valence-corrected chi connectivity index (χ3v) is 6.27. The highest BCUT2D eigenvalue weighted by Gasteiger charge is 2.31. The van der Waals surface area contributed by atoms with Crippen molar-refractivity contribution in [2.24, 2.45) is 0 Å². The van der Waals surface area contributed by atoms with Crippen LogP contribution < -0.4 is 5.56 Å². The molecule has 0 radical (unpaired) electrons. The van der Waals surface area contributed by atoms with Crippen molar-refractivity contribution in [1.29, 1.82) is 0 Å². The van der Waals surface area contributed by atoms with Gasteiger partial charge in [0.15, 0.2) is 0 Å². The van der Waals surface area contributed by atoms with E-state index in [9.17, 15) is 18.0 Å². The lowest BCUT2D eigenvalue weighted by molar-refractivity contribution is -0.137. The van der Waals surface area contributed by atoms with Gasteiger partial charge in [-0.05, 0) is 48.4 Å². The van der Waals surface area contributed by atoms with E-state index in [-0.39, 0.29) is 16.5 Å². The van der Waals surface area contributed by atoms with Gasteiger partial charge in [0.25, 0.3) is 5.56 Å². The smallest absolute Gasteiger partial charge is 0.292 e. The number of alkyl halides is 3. The molecule has 4 nitrogen and oxygen atoms in total. The first-order valence-electron chi connectivity index (χ1n) is 9.34. The van der Waals surface area contributed by atoms with E-state index in [1.807, 2.05) is 23.6 Å². The molecule has 4 aromatic rings. The predicted octanol–water partition coefficient (Wildman–Crippen LogP) is 6.14. The minimum absolute atomic E-state index is 0.0407. The Labute approximate surface area is 183 Å². The molecule has 2 aromatic carbocycles. The fourth-order valence-electron chi connectivity index (χ4n) is 3.59. The summed E-state index contributed by atoms with van der Waals surface area (Å²) < 4.78 is 40.8. The van der Waals surface area contributed by atoms with Gasteiger partial charge in [-0.2, -0.15) is 13.2 Å². The average Bonchev–Trinajstić information content (AvgIpc) is 3.36. The summed E-state index contributed by atoms with van der Waals surface area (Å²) in [4.78, 5) is 21.8. The quantitative estimate of drug-likeness (QED) is 0.362. The van der Waals surface area contributed by atoms with Crippen molar-refractivity contribution in [3.05, 3.63) is 80.3 Å². The molecule has 0 N–H and O–H groups in total. The van der Waals surface area contributed by atoms with Crippen molar-refractivity contribution in [3.63, 3.8) is 0 Å². The summed E-state index contributed by atoms with van der Waals surface area (Å²) in [5, 5.41) is 3.53. The number of hydrogen-bond acceptors (Lipinski definition) is 4. The molecule has 0 aliphatic carbocycles. The second kappa shape index (κ2) is 7.32. The van der Waals surface area contributed by atoms with E-state index < -0.39 is 11.7 Å². The lowest BCUT2D eigenvalue weighted by Gasteiger charge is -2.09. The Kier molecular flexibility index (Phi) is 4.71. The summed E-state index contributed by atoms with van der Waals surface area (Å²) in [5.41, 5.74) is 1.29. The third kappa shape index (κ3) is 3.66. The zero-order valence-electron chi connectivity index (χ0n) is 15.8. The molecule has 2 aromatic heterocycles. The number of rotatable bonds is 2. The van der Waals surface area contributed by atoms with Crippen molar-refractivity contribution in [3.8, 4) is 10.6 Å². The summed E-state index contributed by atoms with van der Waals surface area (Å²) in [6.07, 6.45) is -2.11. The van der Waals surface area contributed by atoms with Crippen LogP contribution in [-0.2, 0) is 12.7 Å². The molecule has 156 valence electrons. The standard InChI is InChI=1S/C22H13ClF3N3OS/c23-15-4-1-12(2-5-15)20-27-16(11-31-20)9-13-7-8-29-19(13)28-18-10-14(22(24,25)26)3-6-17(18)21(29)30/h1-6,9-11H,7-8H2/b13-9+. The molecule has 0 unspecified atom stereocenters. The highest BCUT2D eigenvalue weighted by Crippen LogP contribution is 2.33. The van der Waals surface area contributed by atoms with Gasteiger partial charge in [0.2, 0.25) is 0 Å². The Morgan fingerprint density at radius 3 is 2.61 bits per heavy atom. The van der Waals surface area contributed by atoms with Gasteiger partial charge in [-0.1, -0.05) is 23.7 Å². The topological polar surface area (TPSA) is 47.8 Å². The summed E-state index contributed by atoms with van der Waals surface area (Å²) in [5.74, 6) is 0.387. The molecule has 0 atom stereocenters. The summed E-state index contributed by atoms with van der Waals surface area (Å²) in [6.45, 7) is 0.429. The third-order valence-electron chi connectivity index (χ3n) is 5.11. The van der Waals surface area contributed by atoms with Gasteiger partial charge in [-0.25, -0.2) is 9.97 Å². The number of aromatic nitrogens is 3. The number of thiazole rings is 1. The summed E-state index contributed by atoms with van der Waals surface area (Å²) in [6, 6.07) is 10.4. The Hall–Kier alpha value is -2.97. The van der Waals surface area contributed by atoms with E-state index in [0.717, 1.165) is 28.3 Å². The van der Waals surface area contributed by atoms with Crippen LogP contribution >= 0.6 is 22.9 Å². The fourth-order valence-corrected chi connectivity index (χ4v) is 4.50. The van der Waals surface area contributed by atoms with E-state index in [4.69, 9.17) is 11.6 Å². The van der Waals surface area contributed by atoms with Crippen LogP contribution in [0.4, 0.5) is 13.2 Å². The van der Waals surface area contributed by atoms with Gasteiger partial charge in [0.1, 0.15) is 10.8 Å². The van der Waals surface area contributed by atoms with E-state index >= 15 is 0 Å². The number of nitrogens with zero attached hydrogens (tertiary/aromatic N) is 3. The normalized spacial score (nSPS) is 15.0. The van der Waals surface area contributed by atoms with E-state index in [0.29, 0.717) is 29.5 Å². The van der Waals surface area contributed by atoms with Crippen LogP contribution in [0, 0.1) is 0 Å². The first-order chi connectivity index (χ1) is 14.8. The minimum Gasteiger partial charge on any atom is -0.292 e. The summed E-state index contributed by atoms with van der Waals surface area (Å²) >= 11 is 7.40. The SMILES string of the molecule is O=c1c2ccc(C(F)(F)F)cc2nc2n1CC/C2=C\c1csc(-c2ccc(Cl)cc2)n1. The Morgan fingerprint density at radius 1 is 1.10 bits per heavy atom. The van der Waals surface area contributed by atoms with Gasteiger partial charge >= 0.3 is 6.18 Å². The highest BCUT2D eigenvalue weighted by molar-refractivity contribution is 7.13. The molecule has 1 aliphatic heterocycles. The van der Waals surface area contributed by atoms with Crippen LogP contribution in [0.25, 0.3) is 33.1 Å². The number of hydrogen-bond donors (Lipinski definition) is 0. The fraction of sp³-hybridized carbons (Fsp3) is 0.136. The minimum atomic E-state index is -4.50. The maximum Gasteiger partial charge on any atom is 0.416 e. The Morgan fingerprint density at radius 2 is 1.87 bits per heavy atom. The van der Waals surface area contributed by atoms with Gasteiger partial charge < -0.3 is 0 Å². The molecular weight excluding hydrogens is 447 g/mol. The van der Waals surface area contributed by atoms with E-state index in [2.05, 4.69) is 9.97 Å². The molecule has 3 heterocycles. The van der Waals surface area contributed by atoms with Gasteiger partial charge in [0.05, 0.1) is 22.2 Å². The molecule has 0 bridgehead atoms. The van der Waals surface area contributed by atoms with Crippen LogP contribution in [0.2, 0.25) is 5.02 Å². The largest absolute Gasteiger partial charge is 0.416 e. The molecule has 0 saturated heterocycles. The second-order valence-corrected chi connectivity index (χ2v) is 8.42. The van der Waals surface area contributed by atoms with Gasteiger partial charge in [-0.3, -0.25) is 9.36 Å². The predicted molar refractivity (Wildman–Crippen MR) is 116 cm³/mol. The zero-order valence-corrected chi connectivity index (χ0v) is 17.4. The Bertz CT molecular complexity index is 1400. The van der Waals surface area contributed by atoms with Crippen molar-refractivity contribution in [1.82, 2.24) is 14.5 Å². The maximum absolute atomic E-state index is 13.1. The monoisotopic (exact) mass is 459 g/mol. The van der Waals surface area contributed by atoms with Gasteiger partial charge in [-0.15, -0.1) is 11.3 Å². The van der Waals surface area contributed by atoms with Gasteiger partial charge in [0, 0.05) is 22.5 Å². The number of benzene rings is 2. The molecule has 0 spiro atoms. The molecule has 0 saturated carbocycles. The number of halogens is 4. The molecular formula is C22H13ClF3N3OS. The van der Waals surface area contributed by atoms with Crippen molar-refractivity contribution < 1.29 is 13.2 Å². The first kappa shape index (κ1) is 20.0. The first-order valence-corrected chi connectivity index (χ1v) is 10.6. The van der Waals surface area contributed by atoms with Crippen molar-refractivity contribution in [2.75, 3.05) is 0 Å². The average molecular weight is 460 g/mol.